The highest BCUT2D eigenvalue weighted by Crippen LogP contribution is 2.44. The fourth-order valence-corrected chi connectivity index (χ4v) is 7.41. The van der Waals surface area contributed by atoms with Crippen LogP contribution in [0.4, 0.5) is 26.3 Å². The van der Waals surface area contributed by atoms with Gasteiger partial charge in [-0.25, -0.2) is 21.6 Å². The topological polar surface area (TPSA) is 80.3 Å². The lowest BCUT2D eigenvalue weighted by Crippen LogP contribution is -2.53. The third kappa shape index (κ3) is 5.47. The van der Waals surface area contributed by atoms with E-state index in [1.165, 1.54) is 13.8 Å². The van der Waals surface area contributed by atoms with Gasteiger partial charge >= 0.3 is 12.4 Å². The average molecular weight is 564 g/mol. The summed E-state index contributed by atoms with van der Waals surface area (Å²) in [6.45, 7) is 2.70. The zero-order valence-corrected chi connectivity index (χ0v) is 20.6. The third-order valence-corrected chi connectivity index (χ3v) is 10.8. The quantitative estimate of drug-likeness (QED) is 0.458. The highest BCUT2D eigenvalue weighted by molar-refractivity contribution is 7.92. The number of hydrogen-bond donors (Lipinski definition) is 1. The summed E-state index contributed by atoms with van der Waals surface area (Å²) in [7, 11) is -8.55. The standard InChI is InChI=1S/C21H20ClF6NO4S2/c1-19(2,34(30,31)16-5-3-4-12(10-16)20(23,24)25)14-8-15(9-14)29-35(32,33)18-7-6-13(11-17(18)22)21(26,27)28/h3-7,10-11,14-15,29H,8-9H2,1-2H3. The van der Waals surface area contributed by atoms with E-state index >= 15 is 0 Å². The monoisotopic (exact) mass is 563 g/mol. The maximum Gasteiger partial charge on any atom is 0.416 e. The molecule has 0 atom stereocenters. The Balaban J connectivity index is 1.75. The van der Waals surface area contributed by atoms with Crippen LogP contribution in [0.1, 0.15) is 37.8 Å². The van der Waals surface area contributed by atoms with Gasteiger partial charge in [0.25, 0.3) is 0 Å². The van der Waals surface area contributed by atoms with E-state index in [0.717, 1.165) is 24.3 Å². The number of sulfonamides is 1. The summed E-state index contributed by atoms with van der Waals surface area (Å²) >= 11 is 5.76. The van der Waals surface area contributed by atoms with Crippen LogP contribution in [0.5, 0.6) is 0 Å². The number of nitrogens with one attached hydrogen (secondary N) is 1. The van der Waals surface area contributed by atoms with Gasteiger partial charge < -0.3 is 0 Å². The van der Waals surface area contributed by atoms with Gasteiger partial charge in [0.15, 0.2) is 9.84 Å². The molecule has 0 aromatic heterocycles. The van der Waals surface area contributed by atoms with Gasteiger partial charge in [0.2, 0.25) is 10.0 Å². The van der Waals surface area contributed by atoms with Crippen molar-refractivity contribution in [2.24, 2.45) is 5.92 Å². The van der Waals surface area contributed by atoms with Crippen molar-refractivity contribution in [1.82, 2.24) is 4.72 Å². The molecule has 1 N–H and O–H groups in total. The fourth-order valence-electron chi connectivity index (χ4n) is 3.82. The highest BCUT2D eigenvalue weighted by Gasteiger charge is 2.49. The SMILES string of the molecule is CC(C)(C1CC(NS(=O)(=O)c2ccc(C(F)(F)F)cc2Cl)C1)S(=O)(=O)c1cccc(C(F)(F)F)c1. The number of halogens is 7. The Kier molecular flexibility index (Phi) is 7.08. The van der Waals surface area contributed by atoms with Gasteiger partial charge in [-0.3, -0.25) is 0 Å². The first kappa shape index (κ1) is 27.8. The molecule has 0 amide bonds. The molecular weight excluding hydrogens is 544 g/mol. The van der Waals surface area contributed by atoms with E-state index in [4.69, 9.17) is 11.6 Å². The van der Waals surface area contributed by atoms with Crippen LogP contribution in [-0.2, 0) is 32.2 Å². The van der Waals surface area contributed by atoms with Crippen molar-refractivity contribution in [2.45, 2.75) is 59.6 Å². The average Bonchev–Trinajstić information content (AvgIpc) is 2.68. The van der Waals surface area contributed by atoms with Crippen LogP contribution in [0.3, 0.4) is 0 Å². The minimum absolute atomic E-state index is 0.0443. The second kappa shape index (κ2) is 8.93. The van der Waals surface area contributed by atoms with Crippen LogP contribution >= 0.6 is 11.6 Å². The fraction of sp³-hybridized carbons (Fsp3) is 0.429. The molecule has 2 aromatic carbocycles. The Labute approximate surface area is 203 Å². The van der Waals surface area contributed by atoms with E-state index in [-0.39, 0.29) is 12.8 Å². The van der Waals surface area contributed by atoms with Crippen LogP contribution in [0, 0.1) is 5.92 Å². The Hall–Kier alpha value is -1.83. The molecule has 1 saturated carbocycles. The van der Waals surface area contributed by atoms with Crippen LogP contribution in [-0.4, -0.2) is 27.6 Å². The first-order valence-electron chi connectivity index (χ1n) is 10.1. The minimum Gasteiger partial charge on any atom is -0.223 e. The van der Waals surface area contributed by atoms with Crippen molar-refractivity contribution < 1.29 is 43.2 Å². The smallest absolute Gasteiger partial charge is 0.223 e. The lowest BCUT2D eigenvalue weighted by Gasteiger charge is -2.44. The molecule has 1 aliphatic rings. The predicted molar refractivity (Wildman–Crippen MR) is 116 cm³/mol. The summed E-state index contributed by atoms with van der Waals surface area (Å²) in [6, 6.07) is 4.44. The molecule has 14 heteroatoms. The van der Waals surface area contributed by atoms with Crippen molar-refractivity contribution in [1.29, 1.82) is 0 Å². The number of rotatable bonds is 6. The first-order valence-corrected chi connectivity index (χ1v) is 13.4. The number of alkyl halides is 6. The maximum absolute atomic E-state index is 13.1. The lowest BCUT2D eigenvalue weighted by atomic mass is 9.73. The number of hydrogen-bond acceptors (Lipinski definition) is 4. The third-order valence-electron chi connectivity index (χ3n) is 6.16. The summed E-state index contributed by atoms with van der Waals surface area (Å²) in [5, 5.41) is -0.629. The Bertz CT molecular complexity index is 1330. The molecule has 1 aliphatic carbocycles. The molecule has 1 fully saturated rings. The van der Waals surface area contributed by atoms with Crippen LogP contribution in [0.2, 0.25) is 5.02 Å². The van der Waals surface area contributed by atoms with Gasteiger partial charge in [-0.1, -0.05) is 17.7 Å². The molecule has 5 nitrogen and oxygen atoms in total. The molecular formula is C21H20ClF6NO4S2. The molecule has 0 unspecified atom stereocenters. The summed E-state index contributed by atoms with van der Waals surface area (Å²) in [4.78, 5) is -1.07. The van der Waals surface area contributed by atoms with Crippen molar-refractivity contribution in [2.75, 3.05) is 0 Å². The normalized spacial score (nSPS) is 19.9. The van der Waals surface area contributed by atoms with Crippen LogP contribution in [0.15, 0.2) is 52.3 Å². The summed E-state index contributed by atoms with van der Waals surface area (Å²) in [5.41, 5.74) is -2.23. The molecule has 0 saturated heterocycles. The molecule has 2 aromatic rings. The van der Waals surface area contributed by atoms with Gasteiger partial charge in [-0.05, 0) is 69.0 Å². The molecule has 0 heterocycles. The van der Waals surface area contributed by atoms with Crippen molar-refractivity contribution in [3.8, 4) is 0 Å². The van der Waals surface area contributed by atoms with E-state index in [1.807, 2.05) is 0 Å². The van der Waals surface area contributed by atoms with E-state index in [9.17, 15) is 43.2 Å². The molecule has 3 rings (SSSR count). The van der Waals surface area contributed by atoms with Crippen LogP contribution in [0.25, 0.3) is 0 Å². The Morgan fingerprint density at radius 2 is 1.40 bits per heavy atom. The molecule has 0 spiro atoms. The number of sulfone groups is 1. The second-order valence-corrected chi connectivity index (χ2v) is 13.4. The molecule has 194 valence electrons. The first-order chi connectivity index (χ1) is 15.8. The largest absolute Gasteiger partial charge is 0.416 e. The van der Waals surface area contributed by atoms with E-state index in [0.29, 0.717) is 18.2 Å². The highest BCUT2D eigenvalue weighted by atomic mass is 35.5. The van der Waals surface area contributed by atoms with Crippen molar-refractivity contribution in [3.05, 3.63) is 58.6 Å². The van der Waals surface area contributed by atoms with E-state index in [1.54, 1.807) is 0 Å². The van der Waals surface area contributed by atoms with Crippen molar-refractivity contribution >= 4 is 31.5 Å². The summed E-state index contributed by atoms with van der Waals surface area (Å²) in [6.07, 6.45) is -9.35. The Morgan fingerprint density at radius 1 is 0.857 bits per heavy atom. The molecule has 0 aliphatic heterocycles. The maximum atomic E-state index is 13.1. The van der Waals surface area contributed by atoms with Crippen molar-refractivity contribution in [3.63, 3.8) is 0 Å². The second-order valence-electron chi connectivity index (χ2n) is 8.76. The van der Waals surface area contributed by atoms with E-state index in [2.05, 4.69) is 4.72 Å². The Morgan fingerprint density at radius 3 is 1.91 bits per heavy atom. The minimum atomic E-state index is -4.73. The van der Waals surface area contributed by atoms with Gasteiger partial charge in [-0.2, -0.15) is 26.3 Å². The molecule has 0 bridgehead atoms. The molecule has 0 radical (unpaired) electrons. The lowest BCUT2D eigenvalue weighted by molar-refractivity contribution is -0.138. The number of benzene rings is 2. The van der Waals surface area contributed by atoms with E-state index < -0.39 is 74.9 Å². The van der Waals surface area contributed by atoms with Gasteiger partial charge in [-0.15, -0.1) is 0 Å². The summed E-state index contributed by atoms with van der Waals surface area (Å²) < 4.78 is 130. The van der Waals surface area contributed by atoms with Gasteiger partial charge in [0, 0.05) is 6.04 Å². The zero-order valence-electron chi connectivity index (χ0n) is 18.2. The zero-order chi connectivity index (χ0) is 26.6. The predicted octanol–water partition coefficient (Wildman–Crippen LogP) is 5.69. The molecule has 35 heavy (non-hydrogen) atoms. The van der Waals surface area contributed by atoms with Gasteiger partial charge in [0.1, 0.15) is 4.90 Å². The van der Waals surface area contributed by atoms with Crippen LogP contribution < -0.4 is 4.72 Å². The van der Waals surface area contributed by atoms with Gasteiger partial charge in [0.05, 0.1) is 25.8 Å². The summed E-state index contributed by atoms with van der Waals surface area (Å²) in [5.74, 6) is -0.599.